The number of aryl methyl sites for hydroxylation is 1. The zero-order chi connectivity index (χ0) is 17.6. The van der Waals surface area contributed by atoms with Crippen molar-refractivity contribution in [2.45, 2.75) is 12.8 Å². The second kappa shape index (κ2) is 7.81. The number of aromatic nitrogens is 2. The summed E-state index contributed by atoms with van der Waals surface area (Å²) in [5.74, 6) is 1.20. The molecule has 1 aromatic heterocycles. The lowest BCUT2D eigenvalue weighted by molar-refractivity contribution is -0.116. The van der Waals surface area contributed by atoms with Gasteiger partial charge in [-0.1, -0.05) is 29.8 Å². The van der Waals surface area contributed by atoms with Crippen molar-refractivity contribution in [3.05, 3.63) is 59.4 Å². The average molecular weight is 358 g/mol. The lowest BCUT2D eigenvalue weighted by Crippen LogP contribution is -2.13. The Hall–Kier alpha value is -2.86. The minimum atomic E-state index is -0.194. The van der Waals surface area contributed by atoms with Crippen molar-refractivity contribution in [2.75, 3.05) is 12.4 Å². The van der Waals surface area contributed by atoms with Crippen molar-refractivity contribution in [3.63, 3.8) is 0 Å². The van der Waals surface area contributed by atoms with Gasteiger partial charge in [0.15, 0.2) is 0 Å². The molecule has 0 aliphatic heterocycles. The van der Waals surface area contributed by atoms with Gasteiger partial charge in [-0.15, -0.1) is 10.2 Å². The normalized spacial score (nSPS) is 10.5. The average Bonchev–Trinajstić information content (AvgIpc) is 3.10. The van der Waals surface area contributed by atoms with E-state index in [-0.39, 0.29) is 12.3 Å². The number of hydrogen-bond acceptors (Lipinski definition) is 5. The van der Waals surface area contributed by atoms with Gasteiger partial charge in [0.25, 0.3) is 0 Å². The van der Waals surface area contributed by atoms with Crippen LogP contribution in [0, 0.1) is 0 Å². The molecule has 0 atom stereocenters. The smallest absolute Gasteiger partial charge is 0.247 e. The molecule has 3 aromatic rings. The van der Waals surface area contributed by atoms with Crippen LogP contribution in [0.2, 0.25) is 5.02 Å². The summed E-state index contributed by atoms with van der Waals surface area (Å²) in [6.45, 7) is 0. The Morgan fingerprint density at radius 2 is 2.00 bits per heavy atom. The van der Waals surface area contributed by atoms with Crippen LogP contribution in [-0.4, -0.2) is 23.2 Å². The van der Waals surface area contributed by atoms with Gasteiger partial charge in [-0.3, -0.25) is 4.79 Å². The van der Waals surface area contributed by atoms with E-state index in [4.69, 9.17) is 20.8 Å². The van der Waals surface area contributed by atoms with Crippen molar-refractivity contribution in [3.8, 4) is 17.2 Å². The van der Waals surface area contributed by atoms with Crippen molar-refractivity contribution in [1.29, 1.82) is 0 Å². The third kappa shape index (κ3) is 4.36. The van der Waals surface area contributed by atoms with Crippen LogP contribution in [0.4, 0.5) is 5.69 Å². The third-order valence-corrected chi connectivity index (χ3v) is 3.72. The number of hydrogen-bond donors (Lipinski definition) is 1. The number of carbonyl (C=O) groups excluding carboxylic acids is 1. The highest BCUT2D eigenvalue weighted by atomic mass is 35.5. The number of anilines is 1. The molecule has 0 bridgehead atoms. The highest BCUT2D eigenvalue weighted by molar-refractivity contribution is 6.31. The second-order valence-electron chi connectivity index (χ2n) is 5.26. The first-order valence-electron chi connectivity index (χ1n) is 7.67. The number of rotatable bonds is 6. The molecule has 25 heavy (non-hydrogen) atoms. The number of benzene rings is 2. The van der Waals surface area contributed by atoms with Gasteiger partial charge in [-0.25, -0.2) is 0 Å². The molecule has 0 saturated heterocycles. The van der Waals surface area contributed by atoms with E-state index < -0.39 is 0 Å². The first-order valence-corrected chi connectivity index (χ1v) is 8.04. The van der Waals surface area contributed by atoms with E-state index >= 15 is 0 Å². The maximum Gasteiger partial charge on any atom is 0.247 e. The fraction of sp³-hybridized carbons (Fsp3) is 0.167. The van der Waals surface area contributed by atoms with Crippen LogP contribution in [0.3, 0.4) is 0 Å². The topological polar surface area (TPSA) is 77.2 Å². The monoisotopic (exact) mass is 357 g/mol. The molecule has 0 aliphatic carbocycles. The third-order valence-electron chi connectivity index (χ3n) is 3.49. The highest BCUT2D eigenvalue weighted by Crippen LogP contribution is 2.27. The van der Waals surface area contributed by atoms with Gasteiger partial charge < -0.3 is 14.5 Å². The van der Waals surface area contributed by atoms with Crippen LogP contribution in [0.5, 0.6) is 5.75 Å². The summed E-state index contributed by atoms with van der Waals surface area (Å²) in [6.07, 6.45) is 0.542. The van der Waals surface area contributed by atoms with Crippen LogP contribution < -0.4 is 10.1 Å². The number of carbonyl (C=O) groups is 1. The second-order valence-corrected chi connectivity index (χ2v) is 5.70. The van der Waals surface area contributed by atoms with Crippen LogP contribution in [0.25, 0.3) is 11.5 Å². The molecular weight excluding hydrogens is 342 g/mol. The van der Waals surface area contributed by atoms with E-state index in [0.717, 1.165) is 5.56 Å². The van der Waals surface area contributed by atoms with Crippen LogP contribution in [0.15, 0.2) is 52.9 Å². The zero-order valence-corrected chi connectivity index (χ0v) is 14.3. The fourth-order valence-electron chi connectivity index (χ4n) is 2.26. The summed E-state index contributed by atoms with van der Waals surface area (Å²) in [5.41, 5.74) is 1.37. The van der Waals surface area contributed by atoms with E-state index in [1.807, 2.05) is 30.3 Å². The number of amides is 1. The SMILES string of the molecule is COc1ccc(Cl)cc1NC(=O)CCc1nnc(-c2ccccc2)o1. The number of nitrogens with zero attached hydrogens (tertiary/aromatic N) is 2. The first kappa shape index (κ1) is 17.0. The predicted octanol–water partition coefficient (Wildman–Crippen LogP) is 3.97. The number of halogens is 1. The van der Waals surface area contributed by atoms with Crippen molar-refractivity contribution in [2.24, 2.45) is 0 Å². The molecule has 1 N–H and O–H groups in total. The van der Waals surface area contributed by atoms with Gasteiger partial charge in [-0.05, 0) is 30.3 Å². The van der Waals surface area contributed by atoms with Gasteiger partial charge >= 0.3 is 0 Å². The van der Waals surface area contributed by atoms with E-state index in [0.29, 0.717) is 34.7 Å². The molecule has 3 rings (SSSR count). The maximum atomic E-state index is 12.1. The minimum absolute atomic E-state index is 0.194. The Morgan fingerprint density at radius 3 is 2.76 bits per heavy atom. The van der Waals surface area contributed by atoms with Gasteiger partial charge in [0, 0.05) is 23.4 Å². The van der Waals surface area contributed by atoms with E-state index in [2.05, 4.69) is 15.5 Å². The van der Waals surface area contributed by atoms with Crippen LogP contribution >= 0.6 is 11.6 Å². The Morgan fingerprint density at radius 1 is 1.20 bits per heavy atom. The summed E-state index contributed by atoms with van der Waals surface area (Å²) in [4.78, 5) is 12.1. The van der Waals surface area contributed by atoms with E-state index in [9.17, 15) is 4.79 Å². The van der Waals surface area contributed by atoms with Crippen molar-refractivity contribution in [1.82, 2.24) is 10.2 Å². The number of ether oxygens (including phenoxy) is 1. The molecule has 0 saturated carbocycles. The molecular formula is C18H16ClN3O3. The lowest BCUT2D eigenvalue weighted by Gasteiger charge is -2.10. The summed E-state index contributed by atoms with van der Waals surface area (Å²) in [7, 11) is 1.53. The van der Waals surface area contributed by atoms with Gasteiger partial charge in [0.05, 0.1) is 12.8 Å². The van der Waals surface area contributed by atoms with Crippen LogP contribution in [0.1, 0.15) is 12.3 Å². The van der Waals surface area contributed by atoms with Gasteiger partial charge in [0.2, 0.25) is 17.7 Å². The zero-order valence-electron chi connectivity index (χ0n) is 13.5. The summed E-state index contributed by atoms with van der Waals surface area (Å²) in [6, 6.07) is 14.5. The molecule has 0 spiro atoms. The van der Waals surface area contributed by atoms with Crippen LogP contribution in [-0.2, 0) is 11.2 Å². The maximum absolute atomic E-state index is 12.1. The minimum Gasteiger partial charge on any atom is -0.495 e. The Balaban J connectivity index is 1.60. The molecule has 2 aromatic carbocycles. The Labute approximate surface area is 149 Å². The van der Waals surface area contributed by atoms with E-state index in [1.54, 1.807) is 18.2 Å². The molecule has 1 heterocycles. The summed E-state index contributed by atoms with van der Waals surface area (Å²) >= 11 is 5.95. The highest BCUT2D eigenvalue weighted by Gasteiger charge is 2.12. The molecule has 0 radical (unpaired) electrons. The molecule has 0 fully saturated rings. The first-order chi connectivity index (χ1) is 12.2. The fourth-order valence-corrected chi connectivity index (χ4v) is 2.44. The molecule has 0 unspecified atom stereocenters. The molecule has 0 aliphatic rings. The predicted molar refractivity (Wildman–Crippen MR) is 94.7 cm³/mol. The molecule has 6 nitrogen and oxygen atoms in total. The van der Waals surface area contributed by atoms with Gasteiger partial charge in [-0.2, -0.15) is 0 Å². The molecule has 1 amide bonds. The molecule has 128 valence electrons. The van der Waals surface area contributed by atoms with Gasteiger partial charge in [0.1, 0.15) is 5.75 Å². The van der Waals surface area contributed by atoms with Crippen molar-refractivity contribution >= 4 is 23.2 Å². The number of methoxy groups -OCH3 is 1. The number of nitrogens with one attached hydrogen (secondary N) is 1. The lowest BCUT2D eigenvalue weighted by atomic mass is 10.2. The Bertz CT molecular complexity index is 865. The standard InChI is InChI=1S/C18H16ClN3O3/c1-24-15-8-7-13(19)11-14(15)20-16(23)9-10-17-21-22-18(25-17)12-5-3-2-4-6-12/h2-8,11H,9-10H2,1H3,(H,20,23). The summed E-state index contributed by atoms with van der Waals surface area (Å²) in [5, 5.41) is 11.3. The largest absolute Gasteiger partial charge is 0.495 e. The molecule has 7 heteroatoms. The Kier molecular flexibility index (Phi) is 5.30. The quantitative estimate of drug-likeness (QED) is 0.722. The van der Waals surface area contributed by atoms with Crippen molar-refractivity contribution < 1.29 is 13.9 Å². The van der Waals surface area contributed by atoms with E-state index in [1.165, 1.54) is 7.11 Å². The summed E-state index contributed by atoms with van der Waals surface area (Å²) < 4.78 is 10.8.